The van der Waals surface area contributed by atoms with Crippen molar-refractivity contribution in [3.05, 3.63) is 64.1 Å². The van der Waals surface area contributed by atoms with Crippen LogP contribution in [0.15, 0.2) is 41.3 Å². The van der Waals surface area contributed by atoms with E-state index in [4.69, 9.17) is 4.42 Å². The highest BCUT2D eigenvalue weighted by atomic mass is 16.6. The van der Waals surface area contributed by atoms with E-state index in [0.717, 1.165) is 11.8 Å². The van der Waals surface area contributed by atoms with Crippen molar-refractivity contribution in [1.29, 1.82) is 0 Å². The highest BCUT2D eigenvalue weighted by molar-refractivity contribution is 5.92. The Morgan fingerprint density at radius 1 is 1.32 bits per heavy atom. The van der Waals surface area contributed by atoms with Gasteiger partial charge in [-0.2, -0.15) is 10.2 Å². The molecule has 3 aromatic rings. The van der Waals surface area contributed by atoms with Crippen LogP contribution >= 0.6 is 0 Å². The van der Waals surface area contributed by atoms with Crippen molar-refractivity contribution in [3.63, 3.8) is 0 Å². The number of hydrogen-bond acceptors (Lipinski definition) is 6. The van der Waals surface area contributed by atoms with Gasteiger partial charge >= 0.3 is 11.6 Å². The maximum Gasteiger partial charge on any atom is 0.313 e. The summed E-state index contributed by atoms with van der Waals surface area (Å²) >= 11 is 0. The Labute approximate surface area is 123 Å². The average molecular weight is 301 g/mol. The largest absolute Gasteiger partial charge is 0.454 e. The van der Waals surface area contributed by atoms with Crippen LogP contribution in [-0.4, -0.2) is 30.4 Å². The number of nitrogens with zero attached hydrogens (tertiary/aromatic N) is 5. The molecule has 0 spiro atoms. The number of aromatic nitrogens is 4. The topological polar surface area (TPSA) is 109 Å². The van der Waals surface area contributed by atoms with Gasteiger partial charge in [-0.05, 0) is 24.6 Å². The summed E-state index contributed by atoms with van der Waals surface area (Å²) in [5.41, 5.74) is 0.763. The Kier molecular flexibility index (Phi) is 3.30. The molecule has 9 heteroatoms. The van der Waals surface area contributed by atoms with Gasteiger partial charge in [0.05, 0.1) is 17.7 Å². The van der Waals surface area contributed by atoms with E-state index in [1.54, 1.807) is 18.5 Å². The van der Waals surface area contributed by atoms with E-state index < -0.39 is 4.92 Å². The zero-order chi connectivity index (χ0) is 15.7. The summed E-state index contributed by atoms with van der Waals surface area (Å²) in [6, 6.07) is 3.16. The fourth-order valence-corrected chi connectivity index (χ4v) is 1.91. The molecular weight excluding hydrogens is 290 g/mol. The van der Waals surface area contributed by atoms with Crippen LogP contribution < -0.4 is 0 Å². The van der Waals surface area contributed by atoms with Crippen LogP contribution in [0.3, 0.4) is 0 Å². The molecule has 0 radical (unpaired) electrons. The molecule has 9 nitrogen and oxygen atoms in total. The van der Waals surface area contributed by atoms with Crippen molar-refractivity contribution in [3.8, 4) is 0 Å². The number of rotatable bonds is 4. The number of furan rings is 1. The summed E-state index contributed by atoms with van der Waals surface area (Å²) in [7, 11) is 0. The van der Waals surface area contributed by atoms with Gasteiger partial charge in [0.2, 0.25) is 0 Å². The van der Waals surface area contributed by atoms with Crippen molar-refractivity contribution in [2.75, 3.05) is 0 Å². The molecule has 0 amide bonds. The summed E-state index contributed by atoms with van der Waals surface area (Å²) in [4.78, 5) is 22.2. The van der Waals surface area contributed by atoms with Crippen LogP contribution in [0.1, 0.15) is 21.9 Å². The van der Waals surface area contributed by atoms with E-state index in [2.05, 4.69) is 10.2 Å². The van der Waals surface area contributed by atoms with Gasteiger partial charge in [-0.3, -0.25) is 19.6 Å². The molecule has 0 fully saturated rings. The molecule has 112 valence electrons. The Morgan fingerprint density at radius 3 is 2.77 bits per heavy atom. The Morgan fingerprint density at radius 2 is 2.14 bits per heavy atom. The molecular formula is C13H11N5O4. The molecule has 0 atom stereocenters. The minimum atomic E-state index is -0.527. The first kappa shape index (κ1) is 13.7. The van der Waals surface area contributed by atoms with Crippen molar-refractivity contribution < 1.29 is 14.1 Å². The summed E-state index contributed by atoms with van der Waals surface area (Å²) in [6.45, 7) is 2.02. The smallest absolute Gasteiger partial charge is 0.313 e. The number of aryl methyl sites for hydroxylation is 1. The standard InChI is InChI=1S/C13H11N5O4/c1-9-4-15-17(6-9)13(19)12-3-2-11(22-12)8-16-7-10(5-14-16)18(20)21/h2-7H,8H2,1H3. The fraction of sp³-hybridized carbons (Fsp3) is 0.154. The molecule has 0 saturated carbocycles. The first-order valence-electron chi connectivity index (χ1n) is 6.34. The second kappa shape index (κ2) is 5.28. The normalized spacial score (nSPS) is 10.8. The zero-order valence-electron chi connectivity index (χ0n) is 11.5. The lowest BCUT2D eigenvalue weighted by molar-refractivity contribution is -0.385. The molecule has 3 aromatic heterocycles. The van der Waals surface area contributed by atoms with Crippen LogP contribution in [0.5, 0.6) is 0 Å². The molecule has 0 aliphatic carbocycles. The third-order valence-electron chi connectivity index (χ3n) is 2.94. The van der Waals surface area contributed by atoms with E-state index in [-0.39, 0.29) is 23.9 Å². The van der Waals surface area contributed by atoms with Crippen molar-refractivity contribution in [2.24, 2.45) is 0 Å². The molecule has 0 aliphatic rings. The molecule has 0 unspecified atom stereocenters. The molecule has 0 bridgehead atoms. The number of nitro groups is 1. The predicted molar refractivity (Wildman–Crippen MR) is 73.4 cm³/mol. The highest BCUT2D eigenvalue weighted by Gasteiger charge is 2.15. The summed E-state index contributed by atoms with van der Waals surface area (Å²) < 4.78 is 8.00. The number of hydrogen-bond donors (Lipinski definition) is 0. The average Bonchev–Trinajstić information content (AvgIpc) is 3.19. The third kappa shape index (κ3) is 2.64. The van der Waals surface area contributed by atoms with Crippen molar-refractivity contribution in [2.45, 2.75) is 13.5 Å². The lowest BCUT2D eigenvalue weighted by Crippen LogP contribution is -2.11. The first-order valence-corrected chi connectivity index (χ1v) is 6.34. The van der Waals surface area contributed by atoms with Gasteiger partial charge in [-0.15, -0.1) is 0 Å². The third-order valence-corrected chi connectivity index (χ3v) is 2.94. The zero-order valence-corrected chi connectivity index (χ0v) is 11.5. The van der Waals surface area contributed by atoms with Gasteiger partial charge in [0.1, 0.15) is 18.2 Å². The van der Waals surface area contributed by atoms with E-state index >= 15 is 0 Å². The molecule has 3 rings (SSSR count). The minimum absolute atomic E-state index is 0.102. The quantitative estimate of drug-likeness (QED) is 0.535. The molecule has 0 N–H and O–H groups in total. The van der Waals surface area contributed by atoms with Crippen LogP contribution in [0.25, 0.3) is 0 Å². The summed E-state index contributed by atoms with van der Waals surface area (Å²) in [5.74, 6) is 0.218. The summed E-state index contributed by atoms with van der Waals surface area (Å²) in [6.07, 6.45) is 5.62. The molecule has 0 saturated heterocycles. The SMILES string of the molecule is Cc1cnn(C(=O)c2ccc(Cn3cc([N+](=O)[O-])cn3)o2)c1. The monoisotopic (exact) mass is 301 g/mol. The maximum atomic E-state index is 12.1. The Balaban J connectivity index is 1.75. The van der Waals surface area contributed by atoms with E-state index in [9.17, 15) is 14.9 Å². The Hall–Kier alpha value is -3.23. The van der Waals surface area contributed by atoms with E-state index in [1.165, 1.54) is 21.6 Å². The molecule has 3 heterocycles. The maximum absolute atomic E-state index is 12.1. The van der Waals surface area contributed by atoms with Gasteiger partial charge < -0.3 is 4.42 Å². The highest BCUT2D eigenvalue weighted by Crippen LogP contribution is 2.13. The van der Waals surface area contributed by atoms with Crippen LogP contribution in [-0.2, 0) is 6.54 Å². The molecule has 0 aliphatic heterocycles. The van der Waals surface area contributed by atoms with E-state index in [0.29, 0.717) is 5.76 Å². The second-order valence-corrected chi connectivity index (χ2v) is 4.69. The van der Waals surface area contributed by atoms with Gasteiger partial charge in [0, 0.05) is 6.20 Å². The lowest BCUT2D eigenvalue weighted by Gasteiger charge is -1.98. The minimum Gasteiger partial charge on any atom is -0.454 e. The lowest BCUT2D eigenvalue weighted by atomic mass is 10.4. The van der Waals surface area contributed by atoms with Crippen LogP contribution in [0, 0.1) is 17.0 Å². The van der Waals surface area contributed by atoms with Gasteiger partial charge in [0.15, 0.2) is 5.76 Å². The van der Waals surface area contributed by atoms with Gasteiger partial charge in [-0.25, -0.2) is 4.68 Å². The van der Waals surface area contributed by atoms with E-state index in [1.807, 2.05) is 6.92 Å². The molecule has 22 heavy (non-hydrogen) atoms. The Bertz CT molecular complexity index is 844. The van der Waals surface area contributed by atoms with Crippen molar-refractivity contribution in [1.82, 2.24) is 19.6 Å². The fourth-order valence-electron chi connectivity index (χ4n) is 1.91. The number of carbonyl (C=O) groups is 1. The number of carbonyl (C=O) groups excluding carboxylic acids is 1. The van der Waals surface area contributed by atoms with Crippen molar-refractivity contribution >= 4 is 11.6 Å². The van der Waals surface area contributed by atoms with Crippen LogP contribution in [0.2, 0.25) is 0 Å². The predicted octanol–water partition coefficient (Wildman–Crippen LogP) is 1.63. The molecule has 0 aromatic carbocycles. The summed E-state index contributed by atoms with van der Waals surface area (Å²) in [5, 5.41) is 18.4. The first-order chi connectivity index (χ1) is 10.5. The second-order valence-electron chi connectivity index (χ2n) is 4.69. The van der Waals surface area contributed by atoms with Gasteiger partial charge in [-0.1, -0.05) is 0 Å². The van der Waals surface area contributed by atoms with Gasteiger partial charge in [0.25, 0.3) is 0 Å². The van der Waals surface area contributed by atoms with Crippen LogP contribution in [0.4, 0.5) is 5.69 Å².